The number of guanidine groups is 1. The summed E-state index contributed by atoms with van der Waals surface area (Å²) in [7, 11) is 1.71. The normalized spacial score (nSPS) is 19.7. The summed E-state index contributed by atoms with van der Waals surface area (Å²) in [5, 5.41) is 14.3. The molecule has 2 aromatic carbocycles. The molecule has 2 amide bonds. The zero-order valence-electron chi connectivity index (χ0n) is 20.3. The number of hydrogen-bond donors (Lipinski definition) is 1. The van der Waals surface area contributed by atoms with Gasteiger partial charge in [-0.05, 0) is 58.7 Å². The van der Waals surface area contributed by atoms with Gasteiger partial charge in [0, 0.05) is 18.3 Å². The molecule has 182 valence electrons. The van der Waals surface area contributed by atoms with Gasteiger partial charge in [-0.1, -0.05) is 61.9 Å². The Bertz CT molecular complexity index is 1390. The number of fused-ring (bicyclic) bond motifs is 1. The van der Waals surface area contributed by atoms with Crippen LogP contribution in [-0.4, -0.2) is 61.3 Å². The van der Waals surface area contributed by atoms with Crippen molar-refractivity contribution in [3.8, 4) is 22.5 Å². The first-order chi connectivity index (χ1) is 17.6. The lowest BCUT2D eigenvalue weighted by Crippen LogP contribution is -2.51. The fourth-order valence-corrected chi connectivity index (χ4v) is 5.22. The van der Waals surface area contributed by atoms with Crippen molar-refractivity contribution in [2.45, 2.75) is 45.1 Å². The highest BCUT2D eigenvalue weighted by molar-refractivity contribution is 6.29. The topological polar surface area (TPSA) is 107 Å². The van der Waals surface area contributed by atoms with Crippen molar-refractivity contribution in [2.75, 3.05) is 7.05 Å². The molecule has 0 bridgehead atoms. The van der Waals surface area contributed by atoms with Gasteiger partial charge < -0.3 is 4.90 Å². The van der Waals surface area contributed by atoms with Gasteiger partial charge >= 0.3 is 0 Å². The molecule has 3 aromatic rings. The maximum absolute atomic E-state index is 13.6. The molecule has 36 heavy (non-hydrogen) atoms. The fraction of sp³-hybridized carbons (Fsp3) is 0.333. The van der Waals surface area contributed by atoms with E-state index in [4.69, 9.17) is 0 Å². The van der Waals surface area contributed by atoms with Crippen LogP contribution in [0, 0.1) is 5.92 Å². The van der Waals surface area contributed by atoms with E-state index in [0.717, 1.165) is 60.1 Å². The number of amides is 2. The fourth-order valence-electron chi connectivity index (χ4n) is 5.22. The smallest absolute Gasteiger partial charge is 0.272 e. The first-order valence-electron chi connectivity index (χ1n) is 12.5. The number of nitrogens with one attached hydrogen (secondary N) is 1. The van der Waals surface area contributed by atoms with Crippen LogP contribution >= 0.6 is 0 Å². The first kappa shape index (κ1) is 22.3. The van der Waals surface area contributed by atoms with Crippen LogP contribution in [0.5, 0.6) is 0 Å². The molecule has 1 aliphatic carbocycles. The monoisotopic (exact) mass is 481 g/mol. The van der Waals surface area contributed by atoms with E-state index >= 15 is 0 Å². The third kappa shape index (κ3) is 3.62. The number of aliphatic imine (C=N–C) groups is 1. The number of hydrogen-bond acceptors (Lipinski definition) is 6. The van der Waals surface area contributed by atoms with E-state index < -0.39 is 0 Å². The van der Waals surface area contributed by atoms with Crippen molar-refractivity contribution < 1.29 is 9.59 Å². The Kier molecular flexibility index (Phi) is 5.47. The summed E-state index contributed by atoms with van der Waals surface area (Å²) in [5.74, 6) is 1.13. The quantitative estimate of drug-likeness (QED) is 0.549. The molecule has 1 N–H and O–H groups in total. The Morgan fingerprint density at radius 3 is 2.39 bits per heavy atom. The average Bonchev–Trinajstić information content (AvgIpc) is 3.45. The largest absolute Gasteiger partial charge is 0.302 e. The van der Waals surface area contributed by atoms with Gasteiger partial charge in [-0.3, -0.25) is 14.5 Å². The van der Waals surface area contributed by atoms with Gasteiger partial charge in [-0.2, -0.15) is 4.99 Å². The summed E-state index contributed by atoms with van der Waals surface area (Å²) >= 11 is 0. The molecule has 1 aromatic heterocycles. The van der Waals surface area contributed by atoms with E-state index in [2.05, 4.69) is 37.4 Å². The summed E-state index contributed by atoms with van der Waals surface area (Å²) in [6, 6.07) is 15.7. The van der Waals surface area contributed by atoms with Crippen LogP contribution in [0.25, 0.3) is 28.1 Å². The van der Waals surface area contributed by atoms with E-state index in [-0.39, 0.29) is 17.9 Å². The Morgan fingerprint density at radius 2 is 1.72 bits per heavy atom. The number of benzene rings is 2. The van der Waals surface area contributed by atoms with Gasteiger partial charge in [0.05, 0.1) is 5.57 Å². The second kappa shape index (κ2) is 8.82. The zero-order valence-corrected chi connectivity index (χ0v) is 20.3. The summed E-state index contributed by atoms with van der Waals surface area (Å²) in [6.45, 7) is 2.13. The number of aromatic nitrogens is 4. The van der Waals surface area contributed by atoms with Crippen molar-refractivity contribution in [2.24, 2.45) is 10.9 Å². The average molecular weight is 482 g/mol. The number of unbranched alkanes of at least 4 members (excludes halogenated alkanes) is 1. The minimum atomic E-state index is -0.293. The van der Waals surface area contributed by atoms with Crippen LogP contribution in [0.2, 0.25) is 0 Å². The number of H-pyrrole nitrogens is 1. The molecule has 2 aliphatic heterocycles. The third-order valence-electron chi connectivity index (χ3n) is 7.20. The SMILES string of the molecule is CCCCC1=C(c2ccc(-c3ccccc3-c3nnn[nH]3)cc2)C(=O)N(C)C2=NC(=O)C(C3CC3)N21. The van der Waals surface area contributed by atoms with Crippen molar-refractivity contribution in [3.05, 3.63) is 59.8 Å². The molecule has 3 heterocycles. The van der Waals surface area contributed by atoms with Gasteiger partial charge in [-0.25, -0.2) is 5.10 Å². The van der Waals surface area contributed by atoms with Crippen LogP contribution in [0.15, 0.2) is 59.2 Å². The molecule has 9 nitrogen and oxygen atoms in total. The Hall–Kier alpha value is -4.14. The predicted octanol–water partition coefficient (Wildman–Crippen LogP) is 3.88. The van der Waals surface area contributed by atoms with Crippen LogP contribution in [0.3, 0.4) is 0 Å². The van der Waals surface area contributed by atoms with Gasteiger partial charge in [0.15, 0.2) is 5.82 Å². The Morgan fingerprint density at radius 1 is 1.00 bits per heavy atom. The lowest BCUT2D eigenvalue weighted by atomic mass is 9.93. The summed E-state index contributed by atoms with van der Waals surface area (Å²) < 4.78 is 0. The van der Waals surface area contributed by atoms with Gasteiger partial charge in [0.2, 0.25) is 5.96 Å². The van der Waals surface area contributed by atoms with Crippen LogP contribution in [-0.2, 0) is 9.59 Å². The molecule has 1 atom stereocenters. The van der Waals surface area contributed by atoms with E-state index in [0.29, 0.717) is 23.3 Å². The van der Waals surface area contributed by atoms with Crippen molar-refractivity contribution in [1.29, 1.82) is 0 Å². The lowest BCUT2D eigenvalue weighted by Gasteiger charge is -2.38. The number of nitrogens with zero attached hydrogens (tertiary/aromatic N) is 6. The first-order valence-corrected chi connectivity index (χ1v) is 12.5. The van der Waals surface area contributed by atoms with Gasteiger partial charge in [-0.15, -0.1) is 5.10 Å². The number of tetrazole rings is 1. The van der Waals surface area contributed by atoms with Crippen LogP contribution < -0.4 is 0 Å². The minimum Gasteiger partial charge on any atom is -0.302 e. The molecular formula is C27H27N7O2. The van der Waals surface area contributed by atoms with E-state index in [1.165, 1.54) is 4.90 Å². The third-order valence-corrected chi connectivity index (χ3v) is 7.20. The van der Waals surface area contributed by atoms with Crippen LogP contribution in [0.1, 0.15) is 44.6 Å². The molecule has 9 heteroatoms. The molecule has 0 spiro atoms. The molecule has 1 saturated carbocycles. The molecule has 3 aliphatic rings. The molecule has 1 fully saturated rings. The number of carbonyl (C=O) groups is 2. The molecule has 1 unspecified atom stereocenters. The van der Waals surface area contributed by atoms with Crippen molar-refractivity contribution in [1.82, 2.24) is 30.4 Å². The number of likely N-dealkylation sites (N-methyl/N-ethyl adjacent to an activating group) is 1. The van der Waals surface area contributed by atoms with Crippen LogP contribution in [0.4, 0.5) is 0 Å². The molecule has 0 radical (unpaired) electrons. The molecule has 0 saturated heterocycles. The molecule has 6 rings (SSSR count). The van der Waals surface area contributed by atoms with E-state index in [1.54, 1.807) is 7.05 Å². The Labute approximate surface area is 208 Å². The highest BCUT2D eigenvalue weighted by atomic mass is 16.2. The molecular weight excluding hydrogens is 454 g/mol. The summed E-state index contributed by atoms with van der Waals surface area (Å²) in [5.41, 5.74) is 5.30. The second-order valence-electron chi connectivity index (χ2n) is 9.56. The minimum absolute atomic E-state index is 0.124. The Balaban J connectivity index is 1.43. The summed E-state index contributed by atoms with van der Waals surface area (Å²) in [4.78, 5) is 34.4. The maximum Gasteiger partial charge on any atom is 0.272 e. The van der Waals surface area contributed by atoms with E-state index in [9.17, 15) is 9.59 Å². The number of aromatic amines is 1. The van der Waals surface area contributed by atoms with Gasteiger partial charge in [0.1, 0.15) is 6.04 Å². The number of carbonyl (C=O) groups excluding carboxylic acids is 2. The highest BCUT2D eigenvalue weighted by Crippen LogP contribution is 2.44. The summed E-state index contributed by atoms with van der Waals surface area (Å²) in [6.07, 6.45) is 4.71. The number of rotatable bonds is 7. The van der Waals surface area contributed by atoms with E-state index in [1.807, 2.05) is 48.5 Å². The number of allylic oxidation sites excluding steroid dienone is 1. The van der Waals surface area contributed by atoms with Crippen molar-refractivity contribution in [3.63, 3.8) is 0 Å². The zero-order chi connectivity index (χ0) is 24.8. The lowest BCUT2D eigenvalue weighted by molar-refractivity contribution is -0.122. The van der Waals surface area contributed by atoms with Crippen molar-refractivity contribution >= 4 is 23.3 Å². The standard InChI is InChI=1S/C27H27N7O2/c1-3-4-9-21-22(26(36)33(2)27-28-25(35)23(34(21)27)18-14-15-18)17-12-10-16(11-13-17)19-7-5-6-8-20(19)24-29-31-32-30-24/h5-8,10-13,18,23H,3-4,9,14-15H2,1-2H3,(H,29,30,31,32). The van der Waals surface area contributed by atoms with Gasteiger partial charge in [0.25, 0.3) is 11.8 Å². The maximum atomic E-state index is 13.6. The second-order valence-corrected chi connectivity index (χ2v) is 9.56. The highest BCUT2D eigenvalue weighted by Gasteiger charge is 2.51. The predicted molar refractivity (Wildman–Crippen MR) is 135 cm³/mol.